The molecule has 0 saturated heterocycles. The number of aromatic nitrogens is 3. The highest BCUT2D eigenvalue weighted by Crippen LogP contribution is 2.05. The van der Waals surface area contributed by atoms with E-state index >= 15 is 0 Å². The van der Waals surface area contributed by atoms with Crippen molar-refractivity contribution in [3.63, 3.8) is 0 Å². The van der Waals surface area contributed by atoms with Crippen LogP contribution in [0.2, 0.25) is 0 Å². The first kappa shape index (κ1) is 13.6. The zero-order chi connectivity index (χ0) is 13.5. The van der Waals surface area contributed by atoms with Crippen LogP contribution in [0.1, 0.15) is 12.1 Å². The Morgan fingerprint density at radius 1 is 1.37 bits per heavy atom. The molecule has 2 heterocycles. The third-order valence-corrected chi connectivity index (χ3v) is 2.79. The highest BCUT2D eigenvalue weighted by Gasteiger charge is 2.04. The molecular weight excluding hydrogens is 260 g/mol. The number of carbonyl (C=O) groups is 1. The van der Waals surface area contributed by atoms with E-state index in [9.17, 15) is 4.79 Å². The zero-order valence-corrected chi connectivity index (χ0v) is 11.4. The summed E-state index contributed by atoms with van der Waals surface area (Å²) in [7, 11) is 0. The number of pyridine rings is 1. The van der Waals surface area contributed by atoms with Crippen LogP contribution in [0, 0.1) is 0 Å². The average Bonchev–Trinajstić information content (AvgIpc) is 2.85. The Labute approximate surface area is 117 Å². The summed E-state index contributed by atoms with van der Waals surface area (Å²) in [5.74, 6) is 1.05. The van der Waals surface area contributed by atoms with Gasteiger partial charge in [-0.25, -0.2) is 0 Å². The molecule has 0 aliphatic carbocycles. The first-order chi connectivity index (χ1) is 9.28. The van der Waals surface area contributed by atoms with Gasteiger partial charge in [-0.2, -0.15) is 17.7 Å². The largest absolute Gasteiger partial charge is 0.309 e. The number of amides is 1. The van der Waals surface area contributed by atoms with Gasteiger partial charge in [0.25, 0.3) is 0 Å². The number of anilines is 1. The van der Waals surface area contributed by atoms with Crippen LogP contribution in [0.5, 0.6) is 0 Å². The molecule has 100 valence electrons. The standard InChI is InChI=1S/C13H16N4OS/c18-13(6-10-19)15-12-5-9-17(16-12)8-4-11-3-1-2-7-14-11/h1-3,5,7,9,19H,4,6,8,10H2,(H,15,16,18). The lowest BCUT2D eigenvalue weighted by Crippen LogP contribution is -2.12. The van der Waals surface area contributed by atoms with Crippen LogP contribution in [0.15, 0.2) is 36.7 Å². The Morgan fingerprint density at radius 2 is 2.26 bits per heavy atom. The second-order valence-electron chi connectivity index (χ2n) is 4.06. The lowest BCUT2D eigenvalue weighted by molar-refractivity contribution is -0.115. The van der Waals surface area contributed by atoms with E-state index in [1.54, 1.807) is 16.9 Å². The van der Waals surface area contributed by atoms with Gasteiger partial charge in [0.1, 0.15) is 0 Å². The first-order valence-electron chi connectivity index (χ1n) is 6.12. The van der Waals surface area contributed by atoms with E-state index in [1.807, 2.05) is 24.4 Å². The van der Waals surface area contributed by atoms with Crippen molar-refractivity contribution in [3.8, 4) is 0 Å². The Balaban J connectivity index is 1.85. The molecule has 0 radical (unpaired) electrons. The monoisotopic (exact) mass is 276 g/mol. The molecule has 2 rings (SSSR count). The number of hydrogen-bond donors (Lipinski definition) is 2. The highest BCUT2D eigenvalue weighted by atomic mass is 32.1. The fourth-order valence-electron chi connectivity index (χ4n) is 1.63. The molecule has 0 aliphatic heterocycles. The van der Waals surface area contributed by atoms with Gasteiger partial charge in [0.2, 0.25) is 5.91 Å². The Bertz CT molecular complexity index is 526. The minimum Gasteiger partial charge on any atom is -0.309 e. The minimum absolute atomic E-state index is 0.0648. The van der Waals surface area contributed by atoms with Crippen molar-refractivity contribution in [2.45, 2.75) is 19.4 Å². The summed E-state index contributed by atoms with van der Waals surface area (Å²) in [4.78, 5) is 15.6. The van der Waals surface area contributed by atoms with Crippen LogP contribution < -0.4 is 5.32 Å². The van der Waals surface area contributed by atoms with E-state index in [4.69, 9.17) is 0 Å². The quantitative estimate of drug-likeness (QED) is 0.791. The van der Waals surface area contributed by atoms with Crippen molar-refractivity contribution in [2.24, 2.45) is 0 Å². The molecule has 0 bridgehead atoms. The molecule has 19 heavy (non-hydrogen) atoms. The SMILES string of the molecule is O=C(CCS)Nc1ccn(CCc2ccccn2)n1. The number of carbonyl (C=O) groups excluding carboxylic acids is 1. The summed E-state index contributed by atoms with van der Waals surface area (Å²) in [6, 6.07) is 7.63. The third kappa shape index (κ3) is 4.40. The van der Waals surface area contributed by atoms with Gasteiger partial charge in [-0.05, 0) is 17.9 Å². The van der Waals surface area contributed by atoms with Crippen molar-refractivity contribution in [1.29, 1.82) is 0 Å². The maximum atomic E-state index is 11.4. The molecule has 6 heteroatoms. The van der Waals surface area contributed by atoms with Crippen LogP contribution in [0.3, 0.4) is 0 Å². The fraction of sp³-hybridized carbons (Fsp3) is 0.308. The molecular formula is C13H16N4OS. The van der Waals surface area contributed by atoms with Gasteiger partial charge in [-0.3, -0.25) is 14.5 Å². The molecule has 0 aliphatic rings. The molecule has 5 nitrogen and oxygen atoms in total. The van der Waals surface area contributed by atoms with Gasteiger partial charge in [-0.15, -0.1) is 0 Å². The van der Waals surface area contributed by atoms with Gasteiger partial charge < -0.3 is 5.32 Å². The molecule has 2 aromatic rings. The number of nitrogens with one attached hydrogen (secondary N) is 1. The molecule has 0 aromatic carbocycles. The van der Waals surface area contributed by atoms with Crippen molar-refractivity contribution < 1.29 is 4.79 Å². The van der Waals surface area contributed by atoms with Crippen molar-refractivity contribution in [1.82, 2.24) is 14.8 Å². The number of thiol groups is 1. The third-order valence-electron chi connectivity index (χ3n) is 2.57. The molecule has 0 fully saturated rings. The van der Waals surface area contributed by atoms with Crippen LogP contribution in [-0.2, 0) is 17.8 Å². The number of nitrogens with zero attached hydrogens (tertiary/aromatic N) is 3. The molecule has 0 unspecified atom stereocenters. The zero-order valence-electron chi connectivity index (χ0n) is 10.5. The van der Waals surface area contributed by atoms with Gasteiger partial charge in [0.05, 0.1) is 0 Å². The summed E-state index contributed by atoms with van der Waals surface area (Å²) in [6.45, 7) is 0.736. The second kappa shape index (κ2) is 6.94. The molecule has 0 atom stereocenters. The van der Waals surface area contributed by atoms with Crippen LogP contribution >= 0.6 is 12.6 Å². The van der Waals surface area contributed by atoms with Crippen molar-refractivity contribution >= 4 is 24.4 Å². The second-order valence-corrected chi connectivity index (χ2v) is 4.50. The average molecular weight is 276 g/mol. The van der Waals surface area contributed by atoms with E-state index in [1.165, 1.54) is 0 Å². The molecule has 2 aromatic heterocycles. The van der Waals surface area contributed by atoms with Crippen LogP contribution in [0.4, 0.5) is 5.82 Å². The Kier molecular flexibility index (Phi) is 4.97. The van der Waals surface area contributed by atoms with Gasteiger partial charge in [0.15, 0.2) is 5.82 Å². The summed E-state index contributed by atoms with van der Waals surface area (Å²) < 4.78 is 1.80. The van der Waals surface area contributed by atoms with E-state index in [2.05, 4.69) is 28.0 Å². The van der Waals surface area contributed by atoms with E-state index < -0.39 is 0 Å². The summed E-state index contributed by atoms with van der Waals surface area (Å²) in [5.41, 5.74) is 1.03. The van der Waals surface area contributed by atoms with Gasteiger partial charge >= 0.3 is 0 Å². The van der Waals surface area contributed by atoms with Crippen molar-refractivity contribution in [3.05, 3.63) is 42.4 Å². The maximum absolute atomic E-state index is 11.4. The van der Waals surface area contributed by atoms with E-state index in [-0.39, 0.29) is 5.91 Å². The molecule has 1 N–H and O–H groups in total. The maximum Gasteiger partial charge on any atom is 0.226 e. The molecule has 1 amide bonds. The lowest BCUT2D eigenvalue weighted by atomic mass is 10.3. The van der Waals surface area contributed by atoms with Crippen molar-refractivity contribution in [2.75, 3.05) is 11.1 Å². The number of hydrogen-bond acceptors (Lipinski definition) is 4. The Hall–Kier alpha value is -1.82. The predicted molar refractivity (Wildman–Crippen MR) is 77.3 cm³/mol. The van der Waals surface area contributed by atoms with Crippen LogP contribution in [-0.4, -0.2) is 26.4 Å². The fourth-order valence-corrected chi connectivity index (χ4v) is 1.84. The number of aryl methyl sites for hydroxylation is 2. The van der Waals surface area contributed by atoms with E-state index in [0.29, 0.717) is 18.0 Å². The van der Waals surface area contributed by atoms with Gasteiger partial charge in [0, 0.05) is 43.5 Å². The summed E-state index contributed by atoms with van der Waals surface area (Å²) in [6.07, 6.45) is 4.83. The normalized spacial score (nSPS) is 10.4. The first-order valence-corrected chi connectivity index (χ1v) is 6.75. The van der Waals surface area contributed by atoms with Crippen LogP contribution in [0.25, 0.3) is 0 Å². The van der Waals surface area contributed by atoms with E-state index in [0.717, 1.165) is 18.7 Å². The van der Waals surface area contributed by atoms with Gasteiger partial charge in [-0.1, -0.05) is 6.07 Å². The minimum atomic E-state index is -0.0648. The lowest BCUT2D eigenvalue weighted by Gasteiger charge is -2.02. The number of rotatable bonds is 6. The predicted octanol–water partition coefficient (Wildman–Crippen LogP) is 1.78. The Morgan fingerprint density at radius 3 is 3.00 bits per heavy atom. The highest BCUT2D eigenvalue weighted by molar-refractivity contribution is 7.80. The smallest absolute Gasteiger partial charge is 0.226 e. The molecule has 0 spiro atoms. The summed E-state index contributed by atoms with van der Waals surface area (Å²) in [5, 5.41) is 7.01. The topological polar surface area (TPSA) is 59.8 Å². The summed E-state index contributed by atoms with van der Waals surface area (Å²) >= 11 is 4.01. The molecule has 0 saturated carbocycles.